The second-order valence-electron chi connectivity index (χ2n) is 6.31. The molecule has 0 aliphatic heterocycles. The number of thioether (sulfide) groups is 1. The van der Waals surface area contributed by atoms with Crippen molar-refractivity contribution < 1.29 is 18.7 Å². The van der Waals surface area contributed by atoms with Gasteiger partial charge in [-0.3, -0.25) is 9.59 Å². The van der Waals surface area contributed by atoms with Gasteiger partial charge in [-0.15, -0.1) is 11.8 Å². The molecule has 0 saturated heterocycles. The molecule has 0 spiro atoms. The van der Waals surface area contributed by atoms with Crippen molar-refractivity contribution in [2.45, 2.75) is 63.5 Å². The van der Waals surface area contributed by atoms with E-state index in [1.54, 1.807) is 6.92 Å². The number of carbonyl (C=O) groups excluding carboxylic acids is 2. The lowest BCUT2D eigenvalue weighted by molar-refractivity contribution is -0.142. The number of esters is 1. The van der Waals surface area contributed by atoms with Gasteiger partial charge in [-0.25, -0.2) is 4.39 Å². The lowest BCUT2D eigenvalue weighted by Gasteiger charge is -2.15. The molecule has 1 amide bonds. The van der Waals surface area contributed by atoms with Crippen molar-refractivity contribution in [3.8, 4) is 0 Å². The van der Waals surface area contributed by atoms with Crippen LogP contribution >= 0.6 is 23.4 Å². The quantitative estimate of drug-likeness (QED) is 0.310. The third-order valence-corrected chi connectivity index (χ3v) is 5.47. The number of nitrogens with one attached hydrogen (secondary N) is 1. The number of unbranched alkanes of at least 4 members (excludes halogenated alkanes) is 1. The summed E-state index contributed by atoms with van der Waals surface area (Å²) in [4.78, 5) is 24.5. The third-order valence-electron chi connectivity index (χ3n) is 3.90. The highest BCUT2D eigenvalue weighted by Gasteiger charge is 2.19. The van der Waals surface area contributed by atoms with Crippen molar-refractivity contribution in [3.05, 3.63) is 23.0 Å². The highest BCUT2D eigenvalue weighted by atomic mass is 35.5. The summed E-state index contributed by atoms with van der Waals surface area (Å²) in [5.74, 6) is -0.970. The van der Waals surface area contributed by atoms with Gasteiger partial charge in [-0.2, -0.15) is 0 Å². The molecule has 0 radical (unpaired) electrons. The largest absolute Gasteiger partial charge is 0.465 e. The van der Waals surface area contributed by atoms with Gasteiger partial charge < -0.3 is 10.1 Å². The first-order valence-electron chi connectivity index (χ1n) is 8.90. The van der Waals surface area contributed by atoms with Crippen LogP contribution in [0.2, 0.25) is 5.02 Å². The second-order valence-corrected chi connectivity index (χ2v) is 8.10. The van der Waals surface area contributed by atoms with Crippen LogP contribution in [-0.2, 0) is 14.3 Å². The van der Waals surface area contributed by atoms with Crippen molar-refractivity contribution in [2.75, 3.05) is 11.9 Å². The Labute approximate surface area is 164 Å². The van der Waals surface area contributed by atoms with Crippen LogP contribution < -0.4 is 5.32 Å². The second kappa shape index (κ2) is 11.4. The zero-order chi connectivity index (χ0) is 19.7. The predicted molar refractivity (Wildman–Crippen MR) is 105 cm³/mol. The number of ether oxygens (including phenoxy) is 1. The Bertz CT molecular complexity index is 627. The van der Waals surface area contributed by atoms with Gasteiger partial charge in [-0.05, 0) is 31.4 Å². The number of hydrogen-bond donors (Lipinski definition) is 1. The van der Waals surface area contributed by atoms with Crippen LogP contribution in [0.5, 0.6) is 0 Å². The van der Waals surface area contributed by atoms with Gasteiger partial charge in [-0.1, -0.05) is 45.2 Å². The Morgan fingerprint density at radius 3 is 2.62 bits per heavy atom. The van der Waals surface area contributed by atoms with Crippen LogP contribution in [-0.4, -0.2) is 23.7 Å². The number of anilines is 1. The highest BCUT2D eigenvalue weighted by molar-refractivity contribution is 8.00. The standard InChI is InChI=1S/C19H27ClFNO3S/c1-5-7-8-25-19(24)13(4)26-17-11-16(15(21)10-14(17)20)22-18(23)9-12(3)6-2/h10-13H,5-9H2,1-4H3,(H,22,23). The number of amides is 1. The van der Waals surface area contributed by atoms with Crippen LogP contribution in [0.3, 0.4) is 0 Å². The highest BCUT2D eigenvalue weighted by Crippen LogP contribution is 2.35. The fourth-order valence-electron chi connectivity index (χ4n) is 2.05. The third kappa shape index (κ3) is 7.54. The van der Waals surface area contributed by atoms with Gasteiger partial charge in [0.05, 0.1) is 17.3 Å². The average molecular weight is 404 g/mol. The summed E-state index contributed by atoms with van der Waals surface area (Å²) in [5.41, 5.74) is 0.0664. The molecule has 0 aliphatic carbocycles. The summed E-state index contributed by atoms with van der Waals surface area (Å²) < 4.78 is 19.3. The molecule has 0 bridgehead atoms. The van der Waals surface area contributed by atoms with E-state index in [1.165, 1.54) is 17.8 Å². The molecule has 0 saturated carbocycles. The number of halogens is 2. The Balaban J connectivity index is 2.80. The zero-order valence-corrected chi connectivity index (χ0v) is 17.3. The van der Waals surface area contributed by atoms with E-state index < -0.39 is 11.1 Å². The van der Waals surface area contributed by atoms with Crippen LogP contribution in [0.25, 0.3) is 0 Å². The molecular weight excluding hydrogens is 377 g/mol. The molecule has 0 heterocycles. The first-order chi connectivity index (χ1) is 12.3. The monoisotopic (exact) mass is 403 g/mol. The molecule has 26 heavy (non-hydrogen) atoms. The van der Waals surface area contributed by atoms with Gasteiger partial charge in [0.15, 0.2) is 0 Å². The van der Waals surface area contributed by atoms with Gasteiger partial charge in [0.1, 0.15) is 11.1 Å². The van der Waals surface area contributed by atoms with Crippen LogP contribution in [0.4, 0.5) is 10.1 Å². The number of hydrogen-bond acceptors (Lipinski definition) is 4. The molecule has 1 aromatic carbocycles. The van der Waals surface area contributed by atoms with Crippen LogP contribution in [0.15, 0.2) is 17.0 Å². The first-order valence-corrected chi connectivity index (χ1v) is 10.2. The van der Waals surface area contributed by atoms with E-state index in [0.717, 1.165) is 25.3 Å². The Morgan fingerprint density at radius 1 is 1.31 bits per heavy atom. The summed E-state index contributed by atoms with van der Waals surface area (Å²) in [6.07, 6.45) is 2.95. The molecule has 1 aromatic rings. The Hall–Kier alpha value is -1.27. The van der Waals surface area contributed by atoms with Crippen LogP contribution in [0.1, 0.15) is 53.4 Å². The molecule has 2 atom stereocenters. The average Bonchev–Trinajstić information content (AvgIpc) is 2.58. The van der Waals surface area contributed by atoms with E-state index in [1.807, 2.05) is 20.8 Å². The minimum Gasteiger partial charge on any atom is -0.465 e. The minimum atomic E-state index is -0.602. The number of carbonyl (C=O) groups is 2. The van der Waals surface area contributed by atoms with Crippen molar-refractivity contribution in [2.24, 2.45) is 5.92 Å². The molecule has 0 aromatic heterocycles. The lowest BCUT2D eigenvalue weighted by atomic mass is 10.1. The molecule has 1 N–H and O–H groups in total. The maximum absolute atomic E-state index is 14.1. The first kappa shape index (κ1) is 22.8. The van der Waals surface area contributed by atoms with E-state index >= 15 is 0 Å². The summed E-state index contributed by atoms with van der Waals surface area (Å²) in [6.45, 7) is 8.07. The molecule has 7 heteroatoms. The molecule has 1 rings (SSSR count). The van der Waals surface area contributed by atoms with Gasteiger partial charge in [0, 0.05) is 11.3 Å². The molecular formula is C19H27ClFNO3S. The van der Waals surface area contributed by atoms with Crippen molar-refractivity contribution in [1.82, 2.24) is 0 Å². The summed E-state index contributed by atoms with van der Waals surface area (Å²) in [6, 6.07) is 2.62. The van der Waals surface area contributed by atoms with E-state index in [9.17, 15) is 14.0 Å². The molecule has 0 aliphatic rings. The predicted octanol–water partition coefficient (Wildman–Crippen LogP) is 5.68. The SMILES string of the molecule is CCCCOC(=O)C(C)Sc1cc(NC(=O)CC(C)CC)c(F)cc1Cl. The van der Waals surface area contributed by atoms with Gasteiger partial charge in [0.2, 0.25) is 5.91 Å². The maximum atomic E-state index is 14.1. The summed E-state index contributed by atoms with van der Waals surface area (Å²) in [5, 5.41) is 2.29. The van der Waals surface area contributed by atoms with Gasteiger partial charge in [0.25, 0.3) is 0 Å². The Kier molecular flexibility index (Phi) is 10.0. The molecule has 2 unspecified atom stereocenters. The number of benzene rings is 1. The van der Waals surface area contributed by atoms with Gasteiger partial charge >= 0.3 is 5.97 Å². The number of rotatable bonds is 10. The van der Waals surface area contributed by atoms with E-state index in [-0.39, 0.29) is 28.5 Å². The maximum Gasteiger partial charge on any atom is 0.319 e. The molecule has 146 valence electrons. The van der Waals surface area contributed by atoms with Crippen molar-refractivity contribution >= 4 is 40.9 Å². The summed E-state index contributed by atoms with van der Waals surface area (Å²) >= 11 is 7.27. The van der Waals surface area contributed by atoms with Crippen molar-refractivity contribution in [3.63, 3.8) is 0 Å². The summed E-state index contributed by atoms with van der Waals surface area (Å²) in [7, 11) is 0. The molecule has 0 fully saturated rings. The normalized spacial score (nSPS) is 13.2. The zero-order valence-electron chi connectivity index (χ0n) is 15.7. The van der Waals surface area contributed by atoms with E-state index in [2.05, 4.69) is 5.32 Å². The minimum absolute atomic E-state index is 0.0664. The topological polar surface area (TPSA) is 55.4 Å². The molecule has 4 nitrogen and oxygen atoms in total. The smallest absolute Gasteiger partial charge is 0.319 e. The lowest BCUT2D eigenvalue weighted by Crippen LogP contribution is -2.18. The van der Waals surface area contributed by atoms with Crippen molar-refractivity contribution in [1.29, 1.82) is 0 Å². The van der Waals surface area contributed by atoms with E-state index in [0.29, 0.717) is 17.9 Å². The van der Waals surface area contributed by atoms with E-state index in [4.69, 9.17) is 16.3 Å². The van der Waals surface area contributed by atoms with Crippen LogP contribution in [0, 0.1) is 11.7 Å². The fraction of sp³-hybridized carbons (Fsp3) is 0.579. The Morgan fingerprint density at radius 2 is 2.00 bits per heavy atom. The fourth-order valence-corrected chi connectivity index (χ4v) is 3.24.